The zero-order chi connectivity index (χ0) is 30.3. The highest BCUT2D eigenvalue weighted by molar-refractivity contribution is 9.10. The minimum Gasteiger partial charge on any atom is -0.489 e. The van der Waals surface area contributed by atoms with Crippen molar-refractivity contribution in [3.05, 3.63) is 70.2 Å². The van der Waals surface area contributed by atoms with Crippen LogP contribution in [0.1, 0.15) is 48.6 Å². The maximum absolute atomic E-state index is 13.1. The van der Waals surface area contributed by atoms with Crippen molar-refractivity contribution in [3.63, 3.8) is 0 Å². The first-order valence-electron chi connectivity index (χ1n) is 13.7. The second-order valence-corrected chi connectivity index (χ2v) is 12.3. The Morgan fingerprint density at radius 2 is 1.88 bits per heavy atom. The van der Waals surface area contributed by atoms with Crippen LogP contribution < -0.4 is 26.1 Å². The number of benzene rings is 2. The van der Waals surface area contributed by atoms with Crippen molar-refractivity contribution in [2.45, 2.75) is 52.9 Å². The Hall–Kier alpha value is -3.51. The number of nitrogens with zero attached hydrogens (tertiary/aromatic N) is 4. The van der Waals surface area contributed by atoms with E-state index < -0.39 is 13.5 Å². The highest BCUT2D eigenvalue weighted by Crippen LogP contribution is 2.42. The molecule has 4 rings (SSSR count). The summed E-state index contributed by atoms with van der Waals surface area (Å²) in [4.78, 5) is 31.2. The number of aryl methyl sites for hydroxylation is 2. The zero-order valence-electron chi connectivity index (χ0n) is 23.6. The monoisotopic (exact) mass is 660 g/mol. The molecule has 0 fully saturated rings. The average Bonchev–Trinajstić information content (AvgIpc) is 3.26. The number of hydrogen-bond donors (Lipinski definition) is 4. The molecule has 42 heavy (non-hydrogen) atoms. The van der Waals surface area contributed by atoms with Gasteiger partial charge in [0.15, 0.2) is 28.4 Å². The summed E-state index contributed by atoms with van der Waals surface area (Å²) in [5.41, 5.74) is 14.6. The number of ether oxygens (including phenoxy) is 1. The number of imidazole rings is 1. The van der Waals surface area contributed by atoms with Crippen molar-refractivity contribution in [2.24, 2.45) is 0 Å². The number of rotatable bonds is 14. The molecule has 224 valence electrons. The van der Waals surface area contributed by atoms with Crippen LogP contribution >= 0.6 is 23.5 Å². The third-order valence-electron chi connectivity index (χ3n) is 6.65. The van der Waals surface area contributed by atoms with Gasteiger partial charge in [0, 0.05) is 6.07 Å². The highest BCUT2D eigenvalue weighted by atomic mass is 79.9. The Morgan fingerprint density at radius 1 is 1.12 bits per heavy atom. The van der Waals surface area contributed by atoms with Crippen LogP contribution in [-0.4, -0.2) is 38.1 Å². The number of amides is 1. The highest BCUT2D eigenvalue weighted by Gasteiger charge is 2.27. The Balaban J connectivity index is 1.63. The summed E-state index contributed by atoms with van der Waals surface area (Å²) in [7, 11) is -3.62. The van der Waals surface area contributed by atoms with Crippen molar-refractivity contribution in [1.29, 1.82) is 0 Å². The molecule has 12 nitrogen and oxygen atoms in total. The minimum atomic E-state index is -3.62. The van der Waals surface area contributed by atoms with Crippen molar-refractivity contribution in [2.75, 3.05) is 24.2 Å². The number of nitrogens with one attached hydrogen (secondary N) is 1. The van der Waals surface area contributed by atoms with E-state index >= 15 is 0 Å². The van der Waals surface area contributed by atoms with E-state index in [-0.39, 0.29) is 41.2 Å². The van der Waals surface area contributed by atoms with Gasteiger partial charge in [0.2, 0.25) is 0 Å². The predicted octanol–water partition coefficient (Wildman–Crippen LogP) is 4.18. The van der Waals surface area contributed by atoms with Gasteiger partial charge in [0.05, 0.1) is 25.9 Å². The van der Waals surface area contributed by atoms with E-state index in [0.29, 0.717) is 38.3 Å². The van der Waals surface area contributed by atoms with Crippen LogP contribution in [0.15, 0.2) is 53.1 Å². The molecule has 14 heteroatoms. The molecule has 6 N–H and O–H groups in total. The lowest BCUT2D eigenvalue weighted by Crippen LogP contribution is -2.40. The molecule has 0 aliphatic heterocycles. The summed E-state index contributed by atoms with van der Waals surface area (Å²) in [5.74, 6) is 1.06. The molecule has 0 aliphatic rings. The van der Waals surface area contributed by atoms with Crippen molar-refractivity contribution < 1.29 is 28.1 Å². The van der Waals surface area contributed by atoms with Crippen molar-refractivity contribution >= 4 is 52.1 Å². The van der Waals surface area contributed by atoms with Crippen LogP contribution in [0.25, 0.3) is 11.0 Å². The molecule has 0 aliphatic carbocycles. The van der Waals surface area contributed by atoms with Gasteiger partial charge in [-0.15, -0.1) is 0 Å². The Morgan fingerprint density at radius 3 is 2.60 bits per heavy atom. The van der Waals surface area contributed by atoms with E-state index in [1.165, 1.54) is 0 Å². The second-order valence-electron chi connectivity index (χ2n) is 9.54. The standard InChI is InChI=1S/C28H35BrN7O5P/c1-3-35-21-13-12-20(40-18-19-10-6-5-7-11-19)16-22(21)36(14-8-9-15-42(38,39)41-4-2)23(35)17-32-28(37)24-26(30)34-27(31)25(29)33-24/h5-7,10-13,16H,3-4,8-9,14-15,17-18H2,1-2H3,(H5-,30,31,32,34,37,38,39)/p+1. The third kappa shape index (κ3) is 7.65. The van der Waals surface area contributed by atoms with Crippen LogP contribution in [0, 0.1) is 0 Å². The van der Waals surface area contributed by atoms with E-state index in [4.69, 9.17) is 20.7 Å². The summed E-state index contributed by atoms with van der Waals surface area (Å²) in [6, 6.07) is 15.8. The van der Waals surface area contributed by atoms with E-state index in [9.17, 15) is 14.3 Å². The first kappa shape index (κ1) is 31.4. The number of anilines is 2. The normalized spacial score (nSPS) is 12.8. The fourth-order valence-electron chi connectivity index (χ4n) is 4.69. The fraction of sp³-hybridized carbons (Fsp3) is 0.357. The number of unbranched alkanes of at least 4 members (excludes halogenated alkanes) is 1. The molecule has 1 atom stereocenters. The largest absolute Gasteiger partial charge is 0.489 e. The molecule has 0 radical (unpaired) electrons. The molecular weight excluding hydrogens is 625 g/mol. The topological polar surface area (TPSA) is 171 Å². The van der Waals surface area contributed by atoms with E-state index in [1.54, 1.807) is 6.92 Å². The Labute approximate surface area is 252 Å². The van der Waals surface area contributed by atoms with Crippen LogP contribution in [0.3, 0.4) is 0 Å². The number of carbonyl (C=O) groups excluding carboxylic acids is 1. The van der Waals surface area contributed by atoms with Crippen LogP contribution in [0.2, 0.25) is 0 Å². The minimum absolute atomic E-state index is 0.0343. The van der Waals surface area contributed by atoms with Gasteiger partial charge in [0.1, 0.15) is 23.5 Å². The van der Waals surface area contributed by atoms with E-state index in [1.807, 2.05) is 55.5 Å². The number of nitrogen functional groups attached to an aromatic ring is 2. The smallest absolute Gasteiger partial charge is 0.328 e. The predicted molar refractivity (Wildman–Crippen MR) is 164 cm³/mol. The number of hydrogen-bond acceptors (Lipinski definition) is 8. The van der Waals surface area contributed by atoms with Gasteiger partial charge in [-0.3, -0.25) is 9.36 Å². The molecule has 0 saturated carbocycles. The fourth-order valence-corrected chi connectivity index (χ4v) is 6.12. The Kier molecular flexibility index (Phi) is 10.6. The summed E-state index contributed by atoms with van der Waals surface area (Å²) in [5, 5.41) is 2.91. The van der Waals surface area contributed by atoms with Crippen LogP contribution in [0.4, 0.5) is 11.6 Å². The average molecular weight is 662 g/mol. The second kappa shape index (κ2) is 14.1. The number of carbonyl (C=O) groups is 1. The maximum atomic E-state index is 13.1. The summed E-state index contributed by atoms with van der Waals surface area (Å²) in [6.45, 7) is 5.68. The molecule has 0 saturated heterocycles. The number of aromatic nitrogens is 4. The summed E-state index contributed by atoms with van der Waals surface area (Å²) >= 11 is 3.19. The van der Waals surface area contributed by atoms with Gasteiger partial charge in [-0.2, -0.15) is 0 Å². The van der Waals surface area contributed by atoms with Crippen molar-refractivity contribution in [1.82, 2.24) is 19.9 Å². The quantitative estimate of drug-likeness (QED) is 0.0879. The number of halogens is 1. The molecule has 2 aromatic carbocycles. The molecule has 1 unspecified atom stereocenters. The van der Waals surface area contributed by atoms with Gasteiger partial charge in [-0.1, -0.05) is 30.3 Å². The van der Waals surface area contributed by atoms with E-state index in [0.717, 1.165) is 22.4 Å². The summed E-state index contributed by atoms with van der Waals surface area (Å²) in [6.07, 6.45) is 1.17. The van der Waals surface area contributed by atoms with Gasteiger partial charge < -0.3 is 30.9 Å². The van der Waals surface area contributed by atoms with Gasteiger partial charge >= 0.3 is 7.60 Å². The van der Waals surface area contributed by atoms with Crippen LogP contribution in [0.5, 0.6) is 5.75 Å². The lowest BCUT2D eigenvalue weighted by Gasteiger charge is -2.11. The number of fused-ring (bicyclic) bond motifs is 1. The molecule has 2 heterocycles. The van der Waals surface area contributed by atoms with Gasteiger partial charge in [-0.05, 0) is 60.3 Å². The first-order chi connectivity index (χ1) is 20.1. The van der Waals surface area contributed by atoms with E-state index in [2.05, 4.69) is 40.3 Å². The maximum Gasteiger partial charge on any atom is 0.328 e. The lowest BCUT2D eigenvalue weighted by molar-refractivity contribution is -0.676. The zero-order valence-corrected chi connectivity index (χ0v) is 26.1. The molecule has 2 aromatic heterocycles. The number of nitrogens with two attached hydrogens (primary N) is 2. The Bertz CT molecular complexity index is 1600. The first-order valence-corrected chi connectivity index (χ1v) is 16.2. The molecular formula is C28H36BrN7O5P+. The molecule has 0 spiro atoms. The molecule has 4 aromatic rings. The summed E-state index contributed by atoms with van der Waals surface area (Å²) < 4.78 is 27.8. The lowest BCUT2D eigenvalue weighted by atomic mass is 10.2. The SMILES string of the molecule is CCOP(=O)(O)CCCCn1c(CNC(=O)c2nc(Br)c(N)nc2N)[n+](CC)c2ccc(OCc3ccccc3)cc21. The molecule has 1 amide bonds. The third-order valence-corrected chi connectivity index (χ3v) is 8.77. The van der Waals surface area contributed by atoms with Crippen molar-refractivity contribution in [3.8, 4) is 5.75 Å². The van der Waals surface area contributed by atoms with Gasteiger partial charge in [0.25, 0.3) is 11.7 Å². The molecule has 0 bridgehead atoms. The van der Waals surface area contributed by atoms with Crippen LogP contribution in [-0.2, 0) is 35.3 Å². The van der Waals surface area contributed by atoms with Gasteiger partial charge in [-0.25, -0.2) is 19.1 Å².